The topological polar surface area (TPSA) is 67.2 Å². The normalized spacial score (nSPS) is 24.0. The fraction of sp³-hybridized carbons (Fsp3) is 0.786. The van der Waals surface area contributed by atoms with Crippen LogP contribution < -0.4 is 5.32 Å². The van der Waals surface area contributed by atoms with Crippen molar-refractivity contribution >= 4 is 10.0 Å². The van der Waals surface area contributed by atoms with Gasteiger partial charge in [-0.05, 0) is 11.8 Å². The van der Waals surface area contributed by atoms with Gasteiger partial charge in [0.25, 0.3) is 0 Å². The lowest BCUT2D eigenvalue weighted by atomic mass is 10.0. The van der Waals surface area contributed by atoms with Crippen LogP contribution in [-0.2, 0) is 16.6 Å². The Bertz CT molecular complexity index is 557. The highest BCUT2D eigenvalue weighted by atomic mass is 32.2. The summed E-state index contributed by atoms with van der Waals surface area (Å²) in [7, 11) is -3.40. The number of nitrogens with one attached hydrogen (secondary N) is 1. The predicted octanol–water partition coefficient (Wildman–Crippen LogP) is 1.16. The summed E-state index contributed by atoms with van der Waals surface area (Å²) in [6, 6.07) is 0.413. The summed E-state index contributed by atoms with van der Waals surface area (Å²) in [5.41, 5.74) is 0. The minimum absolute atomic E-state index is 0.299. The second-order valence-electron chi connectivity index (χ2n) is 6.32. The molecule has 1 aliphatic heterocycles. The molecule has 2 rings (SSSR count). The van der Waals surface area contributed by atoms with Crippen molar-refractivity contribution in [2.75, 3.05) is 19.6 Å². The third-order valence-corrected chi connectivity index (χ3v) is 5.88. The van der Waals surface area contributed by atoms with Gasteiger partial charge in [-0.15, -0.1) is 0 Å². The second kappa shape index (κ2) is 6.46. The van der Waals surface area contributed by atoms with Crippen LogP contribution in [0.4, 0.5) is 0 Å². The molecule has 1 aromatic heterocycles. The number of nitrogens with zero attached hydrogens (tertiary/aromatic N) is 3. The standard InChI is InChI=1S/C14H26N4O2S/c1-11(2)15-5-6-17-10-14(7-16-17)21(19,20)18-8-12(3)13(4)9-18/h7,10-13,15H,5-6,8-9H2,1-4H3. The Kier molecular flexibility index (Phi) is 5.06. The zero-order chi connectivity index (χ0) is 15.6. The van der Waals surface area contributed by atoms with Crippen molar-refractivity contribution in [1.29, 1.82) is 0 Å². The number of hydrogen-bond acceptors (Lipinski definition) is 4. The van der Waals surface area contributed by atoms with E-state index in [4.69, 9.17) is 0 Å². The molecule has 2 heterocycles. The zero-order valence-corrected chi connectivity index (χ0v) is 14.1. The minimum Gasteiger partial charge on any atom is -0.313 e. The molecule has 0 saturated carbocycles. The summed E-state index contributed by atoms with van der Waals surface area (Å²) in [4.78, 5) is 0.299. The number of sulfonamides is 1. The summed E-state index contributed by atoms with van der Waals surface area (Å²) < 4.78 is 28.4. The fourth-order valence-corrected chi connectivity index (χ4v) is 4.09. The van der Waals surface area contributed by atoms with Crippen LogP contribution in [0, 0.1) is 11.8 Å². The van der Waals surface area contributed by atoms with E-state index in [1.807, 2.05) is 0 Å². The number of rotatable bonds is 6. The summed E-state index contributed by atoms with van der Waals surface area (Å²) in [6.45, 7) is 11.0. The van der Waals surface area contributed by atoms with Gasteiger partial charge >= 0.3 is 0 Å². The highest BCUT2D eigenvalue weighted by molar-refractivity contribution is 7.89. The third-order valence-electron chi connectivity index (χ3n) is 4.10. The van der Waals surface area contributed by atoms with Crippen molar-refractivity contribution in [3.05, 3.63) is 12.4 Å². The van der Waals surface area contributed by atoms with Crippen LogP contribution >= 0.6 is 0 Å². The van der Waals surface area contributed by atoms with Gasteiger partial charge in [-0.3, -0.25) is 4.68 Å². The van der Waals surface area contributed by atoms with Gasteiger partial charge in [0.1, 0.15) is 4.90 Å². The van der Waals surface area contributed by atoms with Crippen molar-refractivity contribution < 1.29 is 8.42 Å². The molecule has 0 aromatic carbocycles. The Morgan fingerprint density at radius 3 is 2.52 bits per heavy atom. The summed E-state index contributed by atoms with van der Waals surface area (Å²) in [5.74, 6) is 0.815. The van der Waals surface area contributed by atoms with Gasteiger partial charge in [-0.2, -0.15) is 9.40 Å². The first kappa shape index (κ1) is 16.5. The first-order valence-electron chi connectivity index (χ1n) is 7.56. The summed E-state index contributed by atoms with van der Waals surface area (Å²) >= 11 is 0. The average Bonchev–Trinajstić information content (AvgIpc) is 2.98. The van der Waals surface area contributed by atoms with E-state index < -0.39 is 10.0 Å². The lowest BCUT2D eigenvalue weighted by Crippen LogP contribution is -2.29. The number of aromatic nitrogens is 2. The van der Waals surface area contributed by atoms with E-state index in [1.54, 1.807) is 15.2 Å². The van der Waals surface area contributed by atoms with E-state index in [9.17, 15) is 8.42 Å². The van der Waals surface area contributed by atoms with Gasteiger partial charge in [0.15, 0.2) is 0 Å². The molecular weight excluding hydrogens is 288 g/mol. The lowest BCUT2D eigenvalue weighted by molar-refractivity contribution is 0.463. The van der Waals surface area contributed by atoms with Gasteiger partial charge in [-0.1, -0.05) is 27.7 Å². The summed E-state index contributed by atoms with van der Waals surface area (Å²) in [6.07, 6.45) is 3.09. The smallest absolute Gasteiger partial charge is 0.246 e. The van der Waals surface area contributed by atoms with Gasteiger partial charge in [0, 0.05) is 31.9 Å². The minimum atomic E-state index is -3.40. The molecule has 2 unspecified atom stereocenters. The first-order chi connectivity index (χ1) is 9.80. The molecule has 1 saturated heterocycles. The van der Waals surface area contributed by atoms with Gasteiger partial charge in [0.05, 0.1) is 12.7 Å². The molecule has 7 heteroatoms. The van der Waals surface area contributed by atoms with E-state index in [0.717, 1.165) is 6.54 Å². The van der Waals surface area contributed by atoms with Crippen molar-refractivity contribution in [3.8, 4) is 0 Å². The average molecular weight is 314 g/mol. The van der Waals surface area contributed by atoms with Gasteiger partial charge < -0.3 is 5.32 Å². The SMILES string of the molecule is CC(C)NCCn1cc(S(=O)(=O)N2CC(C)C(C)C2)cn1. The fourth-order valence-electron chi connectivity index (χ4n) is 2.49. The second-order valence-corrected chi connectivity index (χ2v) is 8.26. The van der Waals surface area contributed by atoms with E-state index >= 15 is 0 Å². The molecule has 0 aliphatic carbocycles. The maximum absolute atomic E-state index is 12.6. The Labute approximate surface area is 127 Å². The molecule has 0 radical (unpaired) electrons. The highest BCUT2D eigenvalue weighted by Crippen LogP contribution is 2.27. The largest absolute Gasteiger partial charge is 0.313 e. The number of hydrogen-bond donors (Lipinski definition) is 1. The Hall–Kier alpha value is -0.920. The molecule has 1 N–H and O–H groups in total. The third kappa shape index (κ3) is 3.84. The van der Waals surface area contributed by atoms with Crippen molar-refractivity contribution in [1.82, 2.24) is 19.4 Å². The maximum Gasteiger partial charge on any atom is 0.246 e. The Balaban J connectivity index is 2.03. The maximum atomic E-state index is 12.6. The monoisotopic (exact) mass is 314 g/mol. The quantitative estimate of drug-likeness (QED) is 0.855. The molecule has 1 fully saturated rings. The van der Waals surface area contributed by atoms with Crippen molar-refractivity contribution in [3.63, 3.8) is 0 Å². The molecular formula is C14H26N4O2S. The molecule has 21 heavy (non-hydrogen) atoms. The van der Waals surface area contributed by atoms with E-state index in [2.05, 4.69) is 38.1 Å². The van der Waals surface area contributed by atoms with E-state index in [1.165, 1.54) is 6.20 Å². The highest BCUT2D eigenvalue weighted by Gasteiger charge is 2.35. The molecule has 1 aliphatic rings. The molecule has 6 nitrogen and oxygen atoms in total. The van der Waals surface area contributed by atoms with E-state index in [0.29, 0.717) is 42.4 Å². The van der Waals surface area contributed by atoms with Crippen LogP contribution in [0.25, 0.3) is 0 Å². The molecule has 0 bridgehead atoms. The predicted molar refractivity (Wildman–Crippen MR) is 82.5 cm³/mol. The van der Waals surface area contributed by atoms with Crippen LogP contribution in [0.5, 0.6) is 0 Å². The molecule has 0 amide bonds. The van der Waals surface area contributed by atoms with Crippen molar-refractivity contribution in [2.45, 2.75) is 45.2 Å². The molecule has 120 valence electrons. The zero-order valence-electron chi connectivity index (χ0n) is 13.3. The molecule has 2 atom stereocenters. The van der Waals surface area contributed by atoms with Crippen molar-refractivity contribution in [2.24, 2.45) is 11.8 Å². The first-order valence-corrected chi connectivity index (χ1v) is 9.00. The Morgan fingerprint density at radius 2 is 1.95 bits per heavy atom. The van der Waals surface area contributed by atoms with Gasteiger partial charge in [-0.25, -0.2) is 8.42 Å². The van der Waals surface area contributed by atoms with Gasteiger partial charge in [0.2, 0.25) is 10.0 Å². The molecule has 1 aromatic rings. The van der Waals surface area contributed by atoms with Crippen LogP contribution in [0.2, 0.25) is 0 Å². The molecule has 0 spiro atoms. The Morgan fingerprint density at radius 1 is 1.33 bits per heavy atom. The van der Waals surface area contributed by atoms with Crippen LogP contribution in [0.15, 0.2) is 17.3 Å². The summed E-state index contributed by atoms with van der Waals surface area (Å²) in [5, 5.41) is 7.45. The van der Waals surface area contributed by atoms with Crippen LogP contribution in [0.1, 0.15) is 27.7 Å². The van der Waals surface area contributed by atoms with Crippen LogP contribution in [0.3, 0.4) is 0 Å². The lowest BCUT2D eigenvalue weighted by Gasteiger charge is -2.14. The van der Waals surface area contributed by atoms with Crippen LogP contribution in [-0.4, -0.2) is 48.2 Å². The van der Waals surface area contributed by atoms with E-state index in [-0.39, 0.29) is 0 Å².